The summed E-state index contributed by atoms with van der Waals surface area (Å²) in [6, 6.07) is 10.6. The Labute approximate surface area is 139 Å². The summed E-state index contributed by atoms with van der Waals surface area (Å²) in [4.78, 5) is 11.6. The third-order valence-electron chi connectivity index (χ3n) is 3.45. The maximum absolute atomic E-state index is 12.5. The zero-order valence-corrected chi connectivity index (χ0v) is 13.7. The first-order valence-corrected chi connectivity index (χ1v) is 8.72. The number of sulfonamides is 1. The van der Waals surface area contributed by atoms with Crippen molar-refractivity contribution in [1.29, 1.82) is 0 Å². The Hall–Kier alpha value is -2.74. The molecule has 126 valence electrons. The molecular formula is C16H16N2O5S. The van der Waals surface area contributed by atoms with E-state index in [0.717, 1.165) is 0 Å². The fourth-order valence-corrected chi connectivity index (χ4v) is 3.31. The van der Waals surface area contributed by atoms with Crippen LogP contribution in [-0.4, -0.2) is 34.6 Å². The highest BCUT2D eigenvalue weighted by Crippen LogP contribution is 2.32. The van der Waals surface area contributed by atoms with Gasteiger partial charge in [0.15, 0.2) is 11.5 Å². The van der Waals surface area contributed by atoms with Crippen molar-refractivity contribution in [3.8, 4) is 11.5 Å². The van der Waals surface area contributed by atoms with E-state index in [4.69, 9.17) is 9.47 Å². The number of ether oxygens (including phenoxy) is 2. The normalized spacial score (nSPS) is 13.2. The smallest absolute Gasteiger partial charge is 0.262 e. The van der Waals surface area contributed by atoms with Crippen molar-refractivity contribution in [2.45, 2.75) is 4.90 Å². The molecule has 0 bridgehead atoms. The van der Waals surface area contributed by atoms with Gasteiger partial charge in [0.2, 0.25) is 0 Å². The van der Waals surface area contributed by atoms with E-state index in [0.29, 0.717) is 36.0 Å². The number of carbonyl (C=O) groups is 1. The molecule has 0 radical (unpaired) electrons. The first-order chi connectivity index (χ1) is 11.5. The number of benzene rings is 2. The molecule has 0 aliphatic carbocycles. The molecule has 8 heteroatoms. The highest BCUT2D eigenvalue weighted by molar-refractivity contribution is 7.92. The van der Waals surface area contributed by atoms with Crippen LogP contribution in [0.25, 0.3) is 0 Å². The van der Waals surface area contributed by atoms with E-state index in [1.54, 1.807) is 18.2 Å². The molecule has 1 heterocycles. The van der Waals surface area contributed by atoms with E-state index in [1.807, 2.05) is 0 Å². The molecule has 24 heavy (non-hydrogen) atoms. The second-order valence-electron chi connectivity index (χ2n) is 5.07. The molecule has 1 aliphatic rings. The van der Waals surface area contributed by atoms with Gasteiger partial charge in [-0.3, -0.25) is 9.52 Å². The van der Waals surface area contributed by atoms with Crippen LogP contribution >= 0.6 is 0 Å². The van der Waals surface area contributed by atoms with Gasteiger partial charge >= 0.3 is 0 Å². The summed E-state index contributed by atoms with van der Waals surface area (Å²) in [6.45, 7) is 0.819. The molecule has 0 fully saturated rings. The molecule has 2 N–H and O–H groups in total. The average molecular weight is 348 g/mol. The largest absolute Gasteiger partial charge is 0.486 e. The van der Waals surface area contributed by atoms with Gasteiger partial charge in [0.05, 0.1) is 4.90 Å². The molecule has 7 nitrogen and oxygen atoms in total. The Morgan fingerprint density at radius 1 is 1.00 bits per heavy atom. The molecule has 0 spiro atoms. The molecule has 3 rings (SSSR count). The zero-order chi connectivity index (χ0) is 17.2. The van der Waals surface area contributed by atoms with Crippen molar-refractivity contribution in [2.24, 2.45) is 0 Å². The third kappa shape index (κ3) is 3.28. The minimum Gasteiger partial charge on any atom is -0.486 e. The highest BCUT2D eigenvalue weighted by Gasteiger charge is 2.19. The molecule has 0 atom stereocenters. The van der Waals surface area contributed by atoms with Crippen molar-refractivity contribution in [3.05, 3.63) is 48.0 Å². The Bertz CT molecular complexity index is 863. The van der Waals surface area contributed by atoms with E-state index >= 15 is 0 Å². The van der Waals surface area contributed by atoms with Gasteiger partial charge in [0.1, 0.15) is 13.2 Å². The quantitative estimate of drug-likeness (QED) is 0.876. The van der Waals surface area contributed by atoms with Gasteiger partial charge in [-0.2, -0.15) is 0 Å². The number of anilines is 1. The van der Waals surface area contributed by atoms with Crippen LogP contribution in [0.5, 0.6) is 11.5 Å². The van der Waals surface area contributed by atoms with Crippen molar-refractivity contribution in [3.63, 3.8) is 0 Å². The van der Waals surface area contributed by atoms with E-state index < -0.39 is 10.0 Å². The highest BCUT2D eigenvalue weighted by atomic mass is 32.2. The summed E-state index contributed by atoms with van der Waals surface area (Å²) in [5.41, 5.74) is 0.803. The van der Waals surface area contributed by atoms with Crippen LogP contribution in [0.4, 0.5) is 5.69 Å². The lowest BCUT2D eigenvalue weighted by atomic mass is 10.2. The van der Waals surface area contributed by atoms with E-state index in [9.17, 15) is 13.2 Å². The number of hydrogen-bond acceptors (Lipinski definition) is 5. The molecular weight excluding hydrogens is 332 g/mol. The Balaban J connectivity index is 1.82. The molecule has 0 unspecified atom stereocenters. The van der Waals surface area contributed by atoms with E-state index in [2.05, 4.69) is 10.0 Å². The van der Waals surface area contributed by atoms with Crippen LogP contribution in [0.3, 0.4) is 0 Å². The average Bonchev–Trinajstić information content (AvgIpc) is 2.61. The van der Waals surface area contributed by atoms with Gasteiger partial charge in [0, 0.05) is 24.4 Å². The minimum atomic E-state index is -3.77. The first kappa shape index (κ1) is 16.1. The van der Waals surface area contributed by atoms with Gasteiger partial charge in [-0.15, -0.1) is 0 Å². The van der Waals surface area contributed by atoms with Crippen molar-refractivity contribution < 1.29 is 22.7 Å². The van der Waals surface area contributed by atoms with Crippen LogP contribution in [-0.2, 0) is 10.0 Å². The standard InChI is InChI=1S/C16H16N2O5S/c1-17-16(19)11-2-4-12(5-3-11)18-24(20,21)13-6-7-14-15(10-13)23-9-8-22-14/h2-7,10,18H,8-9H2,1H3,(H,17,19). The molecule has 0 aromatic heterocycles. The Morgan fingerprint density at radius 2 is 1.67 bits per heavy atom. The van der Waals surface area contributed by atoms with Gasteiger partial charge in [0.25, 0.3) is 15.9 Å². The van der Waals surface area contributed by atoms with Crippen LogP contribution in [0.15, 0.2) is 47.4 Å². The van der Waals surface area contributed by atoms with Crippen LogP contribution in [0, 0.1) is 0 Å². The maximum atomic E-state index is 12.5. The Kier molecular flexibility index (Phi) is 4.30. The lowest BCUT2D eigenvalue weighted by Gasteiger charge is -2.19. The molecule has 0 saturated heterocycles. The second kappa shape index (κ2) is 6.40. The molecule has 1 amide bonds. The summed E-state index contributed by atoms with van der Waals surface area (Å²) in [7, 11) is -2.24. The molecule has 2 aromatic carbocycles. The third-order valence-corrected chi connectivity index (χ3v) is 4.83. The minimum absolute atomic E-state index is 0.0714. The maximum Gasteiger partial charge on any atom is 0.262 e. The zero-order valence-electron chi connectivity index (χ0n) is 12.9. The fraction of sp³-hybridized carbons (Fsp3) is 0.188. The number of hydrogen-bond donors (Lipinski definition) is 2. The fourth-order valence-electron chi connectivity index (χ4n) is 2.24. The van der Waals surface area contributed by atoms with Gasteiger partial charge in [-0.05, 0) is 36.4 Å². The predicted molar refractivity (Wildman–Crippen MR) is 88.1 cm³/mol. The van der Waals surface area contributed by atoms with Crippen LogP contribution in [0.1, 0.15) is 10.4 Å². The molecule has 1 aliphatic heterocycles. The Morgan fingerprint density at radius 3 is 2.33 bits per heavy atom. The van der Waals surface area contributed by atoms with E-state index in [1.165, 1.54) is 31.3 Å². The molecule has 0 saturated carbocycles. The molecule has 2 aromatic rings. The number of fused-ring (bicyclic) bond motifs is 1. The van der Waals surface area contributed by atoms with Gasteiger partial charge in [-0.25, -0.2) is 8.42 Å². The van der Waals surface area contributed by atoms with Crippen LogP contribution in [0.2, 0.25) is 0 Å². The number of carbonyl (C=O) groups excluding carboxylic acids is 1. The first-order valence-electron chi connectivity index (χ1n) is 7.24. The summed E-state index contributed by atoms with van der Waals surface area (Å²) in [5.74, 6) is 0.686. The summed E-state index contributed by atoms with van der Waals surface area (Å²) in [6.07, 6.45) is 0. The lowest BCUT2D eigenvalue weighted by Crippen LogP contribution is -2.18. The number of amides is 1. The monoisotopic (exact) mass is 348 g/mol. The van der Waals surface area contributed by atoms with Crippen molar-refractivity contribution in [1.82, 2.24) is 5.32 Å². The van der Waals surface area contributed by atoms with Gasteiger partial charge < -0.3 is 14.8 Å². The SMILES string of the molecule is CNC(=O)c1ccc(NS(=O)(=O)c2ccc3c(c2)OCCO3)cc1. The van der Waals surface area contributed by atoms with Crippen molar-refractivity contribution >= 4 is 21.6 Å². The number of rotatable bonds is 4. The lowest BCUT2D eigenvalue weighted by molar-refractivity contribution is 0.0963. The summed E-state index contributed by atoms with van der Waals surface area (Å²) < 4.78 is 38.2. The van der Waals surface area contributed by atoms with Crippen molar-refractivity contribution in [2.75, 3.05) is 25.0 Å². The second-order valence-corrected chi connectivity index (χ2v) is 6.75. The summed E-state index contributed by atoms with van der Waals surface area (Å²) in [5, 5.41) is 2.50. The van der Waals surface area contributed by atoms with Crippen LogP contribution < -0.4 is 19.5 Å². The van der Waals surface area contributed by atoms with E-state index in [-0.39, 0.29) is 10.8 Å². The predicted octanol–water partition coefficient (Wildman–Crippen LogP) is 1.62. The summed E-state index contributed by atoms with van der Waals surface area (Å²) >= 11 is 0. The van der Waals surface area contributed by atoms with Gasteiger partial charge in [-0.1, -0.05) is 0 Å². The topological polar surface area (TPSA) is 93.7 Å². The number of nitrogens with one attached hydrogen (secondary N) is 2.